The van der Waals surface area contributed by atoms with Crippen molar-refractivity contribution in [3.8, 4) is 0 Å². The lowest BCUT2D eigenvalue weighted by atomic mass is 9.84. The van der Waals surface area contributed by atoms with Crippen LogP contribution in [-0.2, 0) is 19.0 Å². The number of rotatable bonds is 6. The van der Waals surface area contributed by atoms with Gasteiger partial charge in [-0.25, -0.2) is 9.38 Å². The summed E-state index contributed by atoms with van der Waals surface area (Å²) in [6.07, 6.45) is 3.74. The van der Waals surface area contributed by atoms with Crippen molar-refractivity contribution in [2.45, 2.75) is 32.7 Å². The van der Waals surface area contributed by atoms with Crippen LogP contribution in [0.25, 0.3) is 0 Å². The van der Waals surface area contributed by atoms with Crippen LogP contribution in [0.15, 0.2) is 35.6 Å². The lowest BCUT2D eigenvalue weighted by Crippen LogP contribution is -2.43. The predicted molar refractivity (Wildman–Crippen MR) is 116 cm³/mol. The molecule has 0 aliphatic carbocycles. The Balaban J connectivity index is 0.00000338. The first kappa shape index (κ1) is 22.7. The second-order valence-corrected chi connectivity index (χ2v) is 6.99. The molecule has 0 aliphatic rings. The fourth-order valence-electron chi connectivity index (χ4n) is 2.50. The molecule has 1 aromatic carbocycles. The number of nitrogens with one attached hydrogen (secondary N) is 2. The number of nitrogens with zero attached hydrogens (tertiary/aromatic N) is 3. The van der Waals surface area contributed by atoms with E-state index in [1.165, 1.54) is 12.1 Å². The first-order valence-electron chi connectivity index (χ1n) is 8.27. The van der Waals surface area contributed by atoms with E-state index >= 15 is 0 Å². The number of halogens is 3. The Morgan fingerprint density at radius 2 is 2.08 bits per heavy atom. The van der Waals surface area contributed by atoms with Crippen molar-refractivity contribution < 1.29 is 4.39 Å². The van der Waals surface area contributed by atoms with Gasteiger partial charge in [0, 0.05) is 42.3 Å². The molecule has 1 aromatic heterocycles. The van der Waals surface area contributed by atoms with Gasteiger partial charge in [0.1, 0.15) is 5.82 Å². The maximum Gasteiger partial charge on any atom is 0.191 e. The third-order valence-corrected chi connectivity index (χ3v) is 4.19. The third-order valence-electron chi connectivity index (χ3n) is 3.88. The van der Waals surface area contributed by atoms with E-state index < -0.39 is 0 Å². The van der Waals surface area contributed by atoms with Crippen molar-refractivity contribution in [1.29, 1.82) is 0 Å². The molecule has 0 fully saturated rings. The van der Waals surface area contributed by atoms with E-state index in [9.17, 15) is 4.39 Å². The standard InChI is InChI=1S/C18H25ClFN5.HI/c1-5-21-17(22-9-13-10-24-25(4)11-13)23-12-18(2,3)15-7-6-14(20)8-16(15)19;/h6-8,10-11H,5,9,12H2,1-4H3,(H2,21,22,23);1H. The molecule has 0 amide bonds. The number of hydrogen-bond donors (Lipinski definition) is 2. The second kappa shape index (κ2) is 10.1. The summed E-state index contributed by atoms with van der Waals surface area (Å²) in [7, 11) is 1.88. The molecule has 0 spiro atoms. The van der Waals surface area contributed by atoms with Gasteiger partial charge in [-0.2, -0.15) is 5.10 Å². The van der Waals surface area contributed by atoms with Gasteiger partial charge < -0.3 is 10.6 Å². The SMILES string of the molecule is CCNC(=NCc1cnn(C)c1)NCC(C)(C)c1ccc(F)cc1Cl.I. The fourth-order valence-corrected chi connectivity index (χ4v) is 2.93. The molecule has 5 nitrogen and oxygen atoms in total. The monoisotopic (exact) mass is 493 g/mol. The minimum atomic E-state index is -0.330. The summed E-state index contributed by atoms with van der Waals surface area (Å²) in [6.45, 7) is 8.05. The highest BCUT2D eigenvalue weighted by atomic mass is 127. The van der Waals surface area contributed by atoms with Crippen molar-refractivity contribution in [2.24, 2.45) is 12.0 Å². The Bertz CT molecular complexity index is 745. The Labute approximate surface area is 176 Å². The summed E-state index contributed by atoms with van der Waals surface area (Å²) in [5, 5.41) is 11.1. The lowest BCUT2D eigenvalue weighted by Gasteiger charge is -2.27. The fraction of sp³-hybridized carbons (Fsp3) is 0.444. The van der Waals surface area contributed by atoms with Crippen LogP contribution in [0.3, 0.4) is 0 Å². The highest BCUT2D eigenvalue weighted by molar-refractivity contribution is 14.0. The summed E-state index contributed by atoms with van der Waals surface area (Å²) in [6, 6.07) is 4.52. The zero-order chi connectivity index (χ0) is 18.4. The van der Waals surface area contributed by atoms with E-state index in [1.54, 1.807) is 16.9 Å². The molecule has 0 saturated heterocycles. The number of hydrogen-bond acceptors (Lipinski definition) is 2. The predicted octanol–water partition coefficient (Wildman–Crippen LogP) is 3.86. The van der Waals surface area contributed by atoms with Gasteiger partial charge in [-0.1, -0.05) is 31.5 Å². The van der Waals surface area contributed by atoms with E-state index in [0.717, 1.165) is 23.6 Å². The average molecular weight is 494 g/mol. The quantitative estimate of drug-likeness (QED) is 0.365. The topological polar surface area (TPSA) is 54.2 Å². The zero-order valence-electron chi connectivity index (χ0n) is 15.5. The van der Waals surface area contributed by atoms with E-state index in [2.05, 4.69) is 34.6 Å². The van der Waals surface area contributed by atoms with E-state index in [0.29, 0.717) is 18.1 Å². The third kappa shape index (κ3) is 6.42. The Morgan fingerprint density at radius 1 is 1.35 bits per heavy atom. The molecular weight excluding hydrogens is 468 g/mol. The van der Waals surface area contributed by atoms with Gasteiger partial charge in [-0.3, -0.25) is 4.68 Å². The molecular formula is C18H26ClFIN5. The first-order valence-corrected chi connectivity index (χ1v) is 8.65. The number of aryl methyl sites for hydroxylation is 1. The summed E-state index contributed by atoms with van der Waals surface area (Å²) in [5.74, 6) is 0.390. The van der Waals surface area contributed by atoms with Crippen molar-refractivity contribution in [3.63, 3.8) is 0 Å². The van der Waals surface area contributed by atoms with Crippen LogP contribution >= 0.6 is 35.6 Å². The van der Waals surface area contributed by atoms with Gasteiger partial charge in [0.2, 0.25) is 0 Å². The molecule has 2 aromatic rings. The molecule has 2 N–H and O–H groups in total. The van der Waals surface area contributed by atoms with Crippen LogP contribution in [0.5, 0.6) is 0 Å². The summed E-state index contributed by atoms with van der Waals surface area (Å²) >= 11 is 6.21. The molecule has 2 rings (SSSR count). The number of aromatic nitrogens is 2. The second-order valence-electron chi connectivity index (χ2n) is 6.58. The van der Waals surface area contributed by atoms with E-state index in [4.69, 9.17) is 11.6 Å². The molecule has 0 aliphatic heterocycles. The first-order chi connectivity index (χ1) is 11.8. The number of guanidine groups is 1. The molecule has 0 saturated carbocycles. The molecule has 0 bridgehead atoms. The van der Waals surface area contributed by atoms with Crippen molar-refractivity contribution in [1.82, 2.24) is 20.4 Å². The molecule has 0 atom stereocenters. The van der Waals surface area contributed by atoms with Crippen molar-refractivity contribution >= 4 is 41.5 Å². The van der Waals surface area contributed by atoms with Crippen LogP contribution < -0.4 is 10.6 Å². The smallest absolute Gasteiger partial charge is 0.191 e. The average Bonchev–Trinajstić information content (AvgIpc) is 2.95. The highest BCUT2D eigenvalue weighted by Crippen LogP contribution is 2.29. The van der Waals surface area contributed by atoms with Gasteiger partial charge in [0.15, 0.2) is 5.96 Å². The minimum Gasteiger partial charge on any atom is -0.357 e. The molecule has 26 heavy (non-hydrogen) atoms. The molecule has 1 heterocycles. The highest BCUT2D eigenvalue weighted by Gasteiger charge is 2.24. The van der Waals surface area contributed by atoms with Crippen LogP contribution in [0, 0.1) is 5.82 Å². The van der Waals surface area contributed by atoms with Gasteiger partial charge in [-0.05, 0) is 24.6 Å². The lowest BCUT2D eigenvalue weighted by molar-refractivity contribution is 0.507. The Hall–Kier alpha value is -1.35. The number of benzene rings is 1. The van der Waals surface area contributed by atoms with Gasteiger partial charge in [-0.15, -0.1) is 24.0 Å². The van der Waals surface area contributed by atoms with Gasteiger partial charge in [0.05, 0.1) is 12.7 Å². The van der Waals surface area contributed by atoms with Crippen LogP contribution in [0.1, 0.15) is 31.9 Å². The molecule has 8 heteroatoms. The van der Waals surface area contributed by atoms with Crippen molar-refractivity contribution in [3.05, 3.63) is 52.6 Å². The number of aliphatic imine (C=N–C) groups is 1. The van der Waals surface area contributed by atoms with E-state index in [1.807, 2.05) is 20.2 Å². The summed E-state index contributed by atoms with van der Waals surface area (Å²) < 4.78 is 15.0. The van der Waals surface area contributed by atoms with Crippen LogP contribution in [-0.4, -0.2) is 28.8 Å². The maximum atomic E-state index is 13.3. The summed E-state index contributed by atoms with van der Waals surface area (Å²) in [4.78, 5) is 4.58. The summed E-state index contributed by atoms with van der Waals surface area (Å²) in [5.41, 5.74) is 1.65. The van der Waals surface area contributed by atoms with Gasteiger partial charge >= 0.3 is 0 Å². The van der Waals surface area contributed by atoms with Crippen molar-refractivity contribution in [2.75, 3.05) is 13.1 Å². The minimum absolute atomic E-state index is 0. The molecule has 0 radical (unpaired) electrons. The maximum absolute atomic E-state index is 13.3. The van der Waals surface area contributed by atoms with E-state index in [-0.39, 0.29) is 35.2 Å². The zero-order valence-corrected chi connectivity index (χ0v) is 18.6. The van der Waals surface area contributed by atoms with Crippen LogP contribution in [0.2, 0.25) is 5.02 Å². The Morgan fingerprint density at radius 3 is 2.65 bits per heavy atom. The molecule has 144 valence electrons. The molecule has 0 unspecified atom stereocenters. The van der Waals surface area contributed by atoms with Crippen LogP contribution in [0.4, 0.5) is 4.39 Å². The Kier molecular flexibility index (Phi) is 8.82. The largest absolute Gasteiger partial charge is 0.357 e. The van der Waals surface area contributed by atoms with Gasteiger partial charge in [0.25, 0.3) is 0 Å². The normalized spacial score (nSPS) is 11.8.